The summed E-state index contributed by atoms with van der Waals surface area (Å²) in [6.07, 6.45) is 4.57. The molecule has 1 aromatic rings. The first kappa shape index (κ1) is 8.46. The van der Waals surface area contributed by atoms with Crippen LogP contribution in [0.5, 0.6) is 0 Å². The second kappa shape index (κ2) is 3.31. The Balaban J connectivity index is 2.46. The smallest absolute Gasteiger partial charge is 0.0441 e. The van der Waals surface area contributed by atoms with Crippen molar-refractivity contribution in [3.05, 3.63) is 34.3 Å². The largest absolute Gasteiger partial charge is 0.157 e. The minimum absolute atomic E-state index is 0.679. The fourth-order valence-corrected chi connectivity index (χ4v) is 2.92. The van der Waals surface area contributed by atoms with E-state index in [0.717, 1.165) is 11.4 Å². The van der Waals surface area contributed by atoms with E-state index >= 15 is 0 Å². The Hall–Kier alpha value is -0.140. The molecule has 1 aliphatic carbocycles. The van der Waals surface area contributed by atoms with Gasteiger partial charge in [0.25, 0.3) is 0 Å². The van der Waals surface area contributed by atoms with Gasteiger partial charge in [-0.15, -0.1) is 0 Å². The van der Waals surface area contributed by atoms with Crippen LogP contribution in [0.15, 0.2) is 18.2 Å². The molecule has 0 N–H and O–H groups in total. The summed E-state index contributed by atoms with van der Waals surface area (Å²) < 4.78 is 0. The first-order valence-corrected chi connectivity index (χ1v) is 5.79. The van der Waals surface area contributed by atoms with E-state index in [0.29, 0.717) is 5.25 Å². The molecule has 1 aliphatic rings. The minimum atomic E-state index is 0.679. The number of benzene rings is 1. The molecule has 0 bridgehead atoms. The number of fused-ring (bicyclic) bond motifs is 1. The lowest BCUT2D eigenvalue weighted by molar-refractivity contribution is 0.893. The van der Waals surface area contributed by atoms with Crippen LogP contribution in [0.2, 0.25) is 5.02 Å². The van der Waals surface area contributed by atoms with E-state index < -0.39 is 0 Å². The standard InChI is InChI=1S/C10H11ClS/c1-12-10-6-5-7-8(10)3-2-4-9(7)11/h2-4,10H,5-6H2,1H3. The van der Waals surface area contributed by atoms with Crippen molar-refractivity contribution in [2.45, 2.75) is 18.1 Å². The van der Waals surface area contributed by atoms with Gasteiger partial charge in [-0.2, -0.15) is 11.8 Å². The molecule has 0 saturated heterocycles. The number of thioether (sulfide) groups is 1. The maximum absolute atomic E-state index is 6.08. The van der Waals surface area contributed by atoms with E-state index in [2.05, 4.69) is 18.4 Å². The second-order valence-electron chi connectivity index (χ2n) is 3.07. The lowest BCUT2D eigenvalue weighted by Crippen LogP contribution is -1.85. The molecular formula is C10H11ClS. The van der Waals surface area contributed by atoms with Crippen LogP contribution in [-0.2, 0) is 6.42 Å². The van der Waals surface area contributed by atoms with Crippen LogP contribution in [0.4, 0.5) is 0 Å². The summed E-state index contributed by atoms with van der Waals surface area (Å²) in [7, 11) is 0. The van der Waals surface area contributed by atoms with Crippen molar-refractivity contribution in [1.82, 2.24) is 0 Å². The molecule has 1 unspecified atom stereocenters. The van der Waals surface area contributed by atoms with E-state index in [-0.39, 0.29) is 0 Å². The maximum atomic E-state index is 6.08. The Morgan fingerprint density at radius 1 is 1.50 bits per heavy atom. The molecule has 0 fully saturated rings. The van der Waals surface area contributed by atoms with Gasteiger partial charge in [0.05, 0.1) is 0 Å². The van der Waals surface area contributed by atoms with Crippen molar-refractivity contribution >= 4 is 23.4 Å². The maximum Gasteiger partial charge on any atom is 0.0441 e. The third-order valence-corrected chi connectivity index (χ3v) is 3.86. The van der Waals surface area contributed by atoms with E-state index in [1.54, 1.807) is 0 Å². The average Bonchev–Trinajstić information content (AvgIpc) is 2.49. The molecule has 0 aliphatic heterocycles. The number of hydrogen-bond acceptors (Lipinski definition) is 1. The highest BCUT2D eigenvalue weighted by Crippen LogP contribution is 2.42. The summed E-state index contributed by atoms with van der Waals surface area (Å²) in [6, 6.07) is 6.24. The van der Waals surface area contributed by atoms with Gasteiger partial charge >= 0.3 is 0 Å². The van der Waals surface area contributed by atoms with Gasteiger partial charge in [-0.3, -0.25) is 0 Å². The molecular weight excluding hydrogens is 188 g/mol. The Morgan fingerprint density at radius 3 is 3.08 bits per heavy atom. The second-order valence-corrected chi connectivity index (χ2v) is 4.52. The molecule has 64 valence electrons. The topological polar surface area (TPSA) is 0 Å². The fourth-order valence-electron chi connectivity index (χ4n) is 1.82. The van der Waals surface area contributed by atoms with Crippen LogP contribution in [0.25, 0.3) is 0 Å². The predicted molar refractivity (Wildman–Crippen MR) is 56.0 cm³/mol. The molecule has 1 atom stereocenters. The summed E-state index contributed by atoms with van der Waals surface area (Å²) >= 11 is 8.01. The summed E-state index contributed by atoms with van der Waals surface area (Å²) in [4.78, 5) is 0. The fraction of sp³-hybridized carbons (Fsp3) is 0.400. The number of hydrogen-bond donors (Lipinski definition) is 0. The van der Waals surface area contributed by atoms with Crippen LogP contribution in [0.3, 0.4) is 0 Å². The summed E-state index contributed by atoms with van der Waals surface area (Å²) in [5.74, 6) is 0. The van der Waals surface area contributed by atoms with Crippen molar-refractivity contribution in [1.29, 1.82) is 0 Å². The van der Waals surface area contributed by atoms with Gasteiger partial charge in [0.15, 0.2) is 0 Å². The highest BCUT2D eigenvalue weighted by Gasteiger charge is 2.22. The summed E-state index contributed by atoms with van der Waals surface area (Å²) in [5, 5.41) is 1.63. The molecule has 1 aromatic carbocycles. The van der Waals surface area contributed by atoms with Crippen LogP contribution in [-0.4, -0.2) is 6.26 Å². The van der Waals surface area contributed by atoms with Crippen molar-refractivity contribution in [3.63, 3.8) is 0 Å². The summed E-state index contributed by atoms with van der Waals surface area (Å²) in [6.45, 7) is 0. The lowest BCUT2D eigenvalue weighted by Gasteiger charge is -2.07. The van der Waals surface area contributed by atoms with Gasteiger partial charge in [-0.25, -0.2) is 0 Å². The number of rotatable bonds is 1. The van der Waals surface area contributed by atoms with Gasteiger partial charge in [0, 0.05) is 10.3 Å². The van der Waals surface area contributed by atoms with Crippen LogP contribution in [0, 0.1) is 0 Å². The van der Waals surface area contributed by atoms with Gasteiger partial charge in [-0.1, -0.05) is 23.7 Å². The molecule has 2 heteroatoms. The first-order valence-electron chi connectivity index (χ1n) is 4.13. The minimum Gasteiger partial charge on any atom is -0.157 e. The third kappa shape index (κ3) is 1.25. The molecule has 0 radical (unpaired) electrons. The molecule has 12 heavy (non-hydrogen) atoms. The van der Waals surface area contributed by atoms with E-state index in [1.807, 2.05) is 17.8 Å². The van der Waals surface area contributed by atoms with Crippen LogP contribution < -0.4 is 0 Å². The molecule has 0 aromatic heterocycles. The van der Waals surface area contributed by atoms with Gasteiger partial charge < -0.3 is 0 Å². The Labute approximate surface area is 82.3 Å². The molecule has 2 rings (SSSR count). The molecule has 0 heterocycles. The van der Waals surface area contributed by atoms with Crippen molar-refractivity contribution in [2.24, 2.45) is 0 Å². The summed E-state index contributed by atoms with van der Waals surface area (Å²) in [5.41, 5.74) is 2.83. The monoisotopic (exact) mass is 198 g/mol. The quantitative estimate of drug-likeness (QED) is 0.664. The molecule has 0 saturated carbocycles. The van der Waals surface area contributed by atoms with E-state index in [4.69, 9.17) is 11.6 Å². The van der Waals surface area contributed by atoms with Crippen molar-refractivity contribution in [3.8, 4) is 0 Å². The van der Waals surface area contributed by atoms with Gasteiger partial charge in [0.1, 0.15) is 0 Å². The zero-order valence-corrected chi connectivity index (χ0v) is 8.58. The van der Waals surface area contributed by atoms with Crippen molar-refractivity contribution in [2.75, 3.05) is 6.26 Å². The van der Waals surface area contributed by atoms with E-state index in [1.165, 1.54) is 17.5 Å². The van der Waals surface area contributed by atoms with Gasteiger partial charge in [0.2, 0.25) is 0 Å². The highest BCUT2D eigenvalue weighted by molar-refractivity contribution is 7.98. The Bertz CT molecular complexity index is 296. The van der Waals surface area contributed by atoms with E-state index in [9.17, 15) is 0 Å². The highest BCUT2D eigenvalue weighted by atomic mass is 35.5. The molecule has 0 amide bonds. The lowest BCUT2D eigenvalue weighted by atomic mass is 10.1. The zero-order valence-electron chi connectivity index (χ0n) is 7.01. The Morgan fingerprint density at radius 2 is 2.33 bits per heavy atom. The molecule has 0 nitrogen and oxygen atoms in total. The first-order chi connectivity index (χ1) is 5.83. The van der Waals surface area contributed by atoms with Gasteiger partial charge in [-0.05, 0) is 36.3 Å². The Kier molecular flexibility index (Phi) is 2.33. The molecule has 0 spiro atoms. The predicted octanol–water partition coefficient (Wildman–Crippen LogP) is 3.69. The SMILES string of the molecule is CSC1CCc2c(Cl)cccc21. The van der Waals surface area contributed by atoms with Crippen LogP contribution in [0.1, 0.15) is 22.8 Å². The normalized spacial score (nSPS) is 21.0. The third-order valence-electron chi connectivity index (χ3n) is 2.44. The zero-order chi connectivity index (χ0) is 8.55. The number of halogens is 1. The van der Waals surface area contributed by atoms with Crippen molar-refractivity contribution < 1.29 is 0 Å². The average molecular weight is 199 g/mol. The van der Waals surface area contributed by atoms with Crippen LogP contribution >= 0.6 is 23.4 Å².